The Labute approximate surface area is 162 Å². The summed E-state index contributed by atoms with van der Waals surface area (Å²) in [6.07, 6.45) is 0. The standard InChI is InChI=1S/C24H26O3/c1-23(2,17-15-19-7-11-21(25-5)12-8-19)27-24(3,4)18-16-20-9-13-22(26-6)14-10-20/h7-14H,1-6H3. The zero-order chi connectivity index (χ0) is 19.9. The van der Waals surface area contributed by atoms with E-state index in [-0.39, 0.29) is 0 Å². The Morgan fingerprint density at radius 1 is 0.593 bits per heavy atom. The average Bonchev–Trinajstić information content (AvgIpc) is 2.65. The van der Waals surface area contributed by atoms with Gasteiger partial charge in [0.15, 0.2) is 0 Å². The van der Waals surface area contributed by atoms with Crippen molar-refractivity contribution in [2.45, 2.75) is 38.9 Å². The molecule has 0 aliphatic carbocycles. The van der Waals surface area contributed by atoms with Crippen LogP contribution in [0.15, 0.2) is 48.5 Å². The van der Waals surface area contributed by atoms with Crippen molar-refractivity contribution in [2.24, 2.45) is 0 Å². The fourth-order valence-electron chi connectivity index (χ4n) is 2.48. The van der Waals surface area contributed by atoms with Crippen LogP contribution in [-0.4, -0.2) is 25.4 Å². The highest BCUT2D eigenvalue weighted by Gasteiger charge is 2.26. The average molecular weight is 362 g/mol. The van der Waals surface area contributed by atoms with Crippen LogP contribution in [0.2, 0.25) is 0 Å². The van der Waals surface area contributed by atoms with Gasteiger partial charge in [0.1, 0.15) is 22.7 Å². The SMILES string of the molecule is COc1ccc(C#CC(C)(C)OC(C)(C)C#Cc2ccc(OC)cc2)cc1. The molecule has 0 radical (unpaired) electrons. The fraction of sp³-hybridized carbons (Fsp3) is 0.333. The van der Waals surface area contributed by atoms with E-state index in [1.54, 1.807) is 14.2 Å². The summed E-state index contributed by atoms with van der Waals surface area (Å²) in [5.41, 5.74) is 0.542. The minimum atomic E-state index is -0.641. The van der Waals surface area contributed by atoms with E-state index in [4.69, 9.17) is 14.2 Å². The third kappa shape index (κ3) is 6.74. The van der Waals surface area contributed by atoms with Crippen LogP contribution in [0.1, 0.15) is 38.8 Å². The maximum Gasteiger partial charge on any atom is 0.125 e. The molecule has 0 bridgehead atoms. The van der Waals surface area contributed by atoms with Crippen molar-refractivity contribution >= 4 is 0 Å². The molecule has 0 atom stereocenters. The largest absolute Gasteiger partial charge is 0.497 e. The van der Waals surface area contributed by atoms with Crippen LogP contribution in [0, 0.1) is 23.7 Å². The topological polar surface area (TPSA) is 27.7 Å². The Morgan fingerprint density at radius 3 is 1.22 bits per heavy atom. The molecule has 3 nitrogen and oxygen atoms in total. The second kappa shape index (κ2) is 8.67. The molecule has 0 N–H and O–H groups in total. The summed E-state index contributed by atoms with van der Waals surface area (Å²) in [5, 5.41) is 0. The van der Waals surface area contributed by atoms with Crippen LogP contribution in [0.25, 0.3) is 0 Å². The summed E-state index contributed by atoms with van der Waals surface area (Å²) in [6, 6.07) is 15.3. The van der Waals surface area contributed by atoms with E-state index in [1.807, 2.05) is 76.2 Å². The third-order valence-corrected chi connectivity index (χ3v) is 3.71. The lowest BCUT2D eigenvalue weighted by Crippen LogP contribution is -2.35. The molecule has 0 saturated carbocycles. The van der Waals surface area contributed by atoms with Gasteiger partial charge in [-0.25, -0.2) is 0 Å². The third-order valence-electron chi connectivity index (χ3n) is 3.71. The van der Waals surface area contributed by atoms with E-state index in [1.165, 1.54) is 0 Å². The summed E-state index contributed by atoms with van der Waals surface area (Å²) in [5.74, 6) is 14.3. The number of hydrogen-bond donors (Lipinski definition) is 0. The lowest BCUT2D eigenvalue weighted by Gasteiger charge is -2.28. The number of rotatable bonds is 4. The molecule has 0 aromatic heterocycles. The van der Waals surface area contributed by atoms with Crippen molar-refractivity contribution in [2.75, 3.05) is 14.2 Å². The fourth-order valence-corrected chi connectivity index (χ4v) is 2.48. The first kappa shape index (κ1) is 20.4. The van der Waals surface area contributed by atoms with Gasteiger partial charge in [0.05, 0.1) is 14.2 Å². The predicted octanol–water partition coefficient (Wildman–Crippen LogP) is 4.68. The Bertz CT molecular complexity index is 792. The maximum atomic E-state index is 6.16. The summed E-state index contributed by atoms with van der Waals surface area (Å²) >= 11 is 0. The molecular weight excluding hydrogens is 336 g/mol. The lowest BCUT2D eigenvalue weighted by atomic mass is 10.0. The Kier molecular flexibility index (Phi) is 6.56. The summed E-state index contributed by atoms with van der Waals surface area (Å²) in [7, 11) is 3.29. The van der Waals surface area contributed by atoms with Crippen molar-refractivity contribution in [1.82, 2.24) is 0 Å². The van der Waals surface area contributed by atoms with Crippen LogP contribution in [0.5, 0.6) is 11.5 Å². The molecule has 0 aliphatic heterocycles. The molecule has 0 heterocycles. The minimum absolute atomic E-state index is 0.641. The zero-order valence-corrected chi connectivity index (χ0v) is 16.8. The van der Waals surface area contributed by atoms with Crippen LogP contribution < -0.4 is 9.47 Å². The molecule has 0 aliphatic rings. The molecule has 2 aromatic carbocycles. The molecule has 0 amide bonds. The van der Waals surface area contributed by atoms with Crippen molar-refractivity contribution < 1.29 is 14.2 Å². The summed E-state index contributed by atoms with van der Waals surface area (Å²) in [6.45, 7) is 7.78. The molecule has 0 fully saturated rings. The van der Waals surface area contributed by atoms with Gasteiger partial charge in [-0.2, -0.15) is 0 Å². The smallest absolute Gasteiger partial charge is 0.125 e. The van der Waals surface area contributed by atoms with Crippen LogP contribution in [0.3, 0.4) is 0 Å². The summed E-state index contributed by atoms with van der Waals surface area (Å²) < 4.78 is 16.5. The van der Waals surface area contributed by atoms with Crippen LogP contribution >= 0.6 is 0 Å². The number of ether oxygens (including phenoxy) is 3. The first-order chi connectivity index (χ1) is 12.7. The Balaban J connectivity index is 2.08. The van der Waals surface area contributed by atoms with Gasteiger partial charge >= 0.3 is 0 Å². The van der Waals surface area contributed by atoms with Gasteiger partial charge < -0.3 is 14.2 Å². The van der Waals surface area contributed by atoms with Crippen molar-refractivity contribution in [3.63, 3.8) is 0 Å². The highest BCUT2D eigenvalue weighted by molar-refractivity contribution is 5.41. The highest BCUT2D eigenvalue weighted by atomic mass is 16.5. The molecule has 0 saturated heterocycles. The first-order valence-corrected chi connectivity index (χ1v) is 8.78. The first-order valence-electron chi connectivity index (χ1n) is 8.78. The Hall–Kier alpha value is -2.88. The van der Waals surface area contributed by atoms with E-state index in [2.05, 4.69) is 23.7 Å². The molecule has 2 aromatic rings. The normalized spacial score (nSPS) is 10.9. The maximum absolute atomic E-state index is 6.16. The van der Waals surface area contributed by atoms with E-state index in [0.717, 1.165) is 22.6 Å². The molecule has 2 rings (SSSR count). The lowest BCUT2D eigenvalue weighted by molar-refractivity contribution is -0.0569. The molecular formula is C24H26O3. The Morgan fingerprint density at radius 2 is 0.926 bits per heavy atom. The van der Waals surface area contributed by atoms with E-state index in [0.29, 0.717) is 0 Å². The van der Waals surface area contributed by atoms with Gasteiger partial charge in [0.2, 0.25) is 0 Å². The monoisotopic (exact) mass is 362 g/mol. The van der Waals surface area contributed by atoms with Gasteiger partial charge in [-0.05, 0) is 76.2 Å². The van der Waals surface area contributed by atoms with Crippen molar-refractivity contribution in [1.29, 1.82) is 0 Å². The molecule has 0 unspecified atom stereocenters. The van der Waals surface area contributed by atoms with Crippen LogP contribution in [-0.2, 0) is 4.74 Å². The van der Waals surface area contributed by atoms with E-state index in [9.17, 15) is 0 Å². The summed E-state index contributed by atoms with van der Waals surface area (Å²) in [4.78, 5) is 0. The predicted molar refractivity (Wildman–Crippen MR) is 109 cm³/mol. The molecule has 3 heteroatoms. The van der Waals surface area contributed by atoms with Crippen molar-refractivity contribution in [3.05, 3.63) is 59.7 Å². The number of benzene rings is 2. The van der Waals surface area contributed by atoms with Gasteiger partial charge in [0, 0.05) is 11.1 Å². The van der Waals surface area contributed by atoms with E-state index >= 15 is 0 Å². The van der Waals surface area contributed by atoms with Crippen LogP contribution in [0.4, 0.5) is 0 Å². The van der Waals surface area contributed by atoms with Gasteiger partial charge in [0.25, 0.3) is 0 Å². The molecule has 140 valence electrons. The number of hydrogen-bond acceptors (Lipinski definition) is 3. The second-order valence-electron chi connectivity index (χ2n) is 7.08. The highest BCUT2D eigenvalue weighted by Crippen LogP contribution is 2.20. The van der Waals surface area contributed by atoms with Gasteiger partial charge in [-0.3, -0.25) is 0 Å². The molecule has 27 heavy (non-hydrogen) atoms. The molecule has 0 spiro atoms. The quantitative estimate of drug-likeness (QED) is 0.739. The van der Waals surface area contributed by atoms with Gasteiger partial charge in [-0.15, -0.1) is 0 Å². The minimum Gasteiger partial charge on any atom is -0.497 e. The number of methoxy groups -OCH3 is 2. The van der Waals surface area contributed by atoms with Crippen molar-refractivity contribution in [3.8, 4) is 35.2 Å². The zero-order valence-electron chi connectivity index (χ0n) is 16.8. The van der Waals surface area contributed by atoms with E-state index < -0.39 is 11.2 Å². The second-order valence-corrected chi connectivity index (χ2v) is 7.08. The van der Waals surface area contributed by atoms with Gasteiger partial charge in [-0.1, -0.05) is 23.7 Å².